The lowest BCUT2D eigenvalue weighted by Gasteiger charge is -2.05. The first-order chi connectivity index (χ1) is 6.60. The van der Waals surface area contributed by atoms with Crippen LogP contribution >= 0.6 is 34.2 Å². The first-order valence-electron chi connectivity index (χ1n) is 3.53. The van der Waals surface area contributed by atoms with Crippen molar-refractivity contribution in [3.05, 3.63) is 26.6 Å². The zero-order valence-corrected chi connectivity index (χ0v) is 9.68. The predicted octanol–water partition coefficient (Wildman–Crippen LogP) is 3.23. The van der Waals surface area contributed by atoms with Crippen molar-refractivity contribution in [2.45, 2.75) is 12.3 Å². The average molecular weight is 328 g/mol. The molecule has 0 N–H and O–H groups in total. The third kappa shape index (κ3) is 2.30. The van der Waals surface area contributed by atoms with Gasteiger partial charge in [-0.3, -0.25) is 0 Å². The molecular formula is C8H4ClF2IN2. The number of alkyl halides is 3. The van der Waals surface area contributed by atoms with E-state index in [-0.39, 0.29) is 20.8 Å². The summed E-state index contributed by atoms with van der Waals surface area (Å²) in [6.07, 6.45) is -2.59. The molecule has 2 nitrogen and oxygen atoms in total. The van der Waals surface area contributed by atoms with Gasteiger partial charge in [-0.2, -0.15) is 5.26 Å². The van der Waals surface area contributed by atoms with Crippen molar-refractivity contribution in [1.82, 2.24) is 4.98 Å². The number of rotatable bonds is 2. The van der Waals surface area contributed by atoms with Gasteiger partial charge in [-0.15, -0.1) is 11.6 Å². The van der Waals surface area contributed by atoms with Gasteiger partial charge < -0.3 is 0 Å². The molecule has 1 aromatic rings. The average Bonchev–Trinajstić information content (AvgIpc) is 2.16. The third-order valence-electron chi connectivity index (χ3n) is 1.57. The maximum Gasteiger partial charge on any atom is 0.266 e. The molecule has 1 aromatic heterocycles. The Morgan fingerprint density at radius 3 is 2.71 bits per heavy atom. The van der Waals surface area contributed by atoms with E-state index in [1.54, 1.807) is 22.6 Å². The Balaban J connectivity index is 3.32. The van der Waals surface area contributed by atoms with E-state index in [2.05, 4.69) is 4.98 Å². The fraction of sp³-hybridized carbons (Fsp3) is 0.250. The highest BCUT2D eigenvalue weighted by Gasteiger charge is 2.16. The van der Waals surface area contributed by atoms with Crippen molar-refractivity contribution in [1.29, 1.82) is 5.26 Å². The number of nitrogens with zero attached hydrogens (tertiary/aromatic N) is 2. The summed E-state index contributed by atoms with van der Waals surface area (Å²) in [5.41, 5.74) is 0.263. The van der Waals surface area contributed by atoms with Gasteiger partial charge in [-0.1, -0.05) is 0 Å². The summed E-state index contributed by atoms with van der Waals surface area (Å²) >= 11 is 7.17. The molecule has 74 valence electrons. The third-order valence-corrected chi connectivity index (χ3v) is 2.72. The van der Waals surface area contributed by atoms with Crippen molar-refractivity contribution in [2.75, 3.05) is 0 Å². The van der Waals surface area contributed by atoms with Crippen LogP contribution in [0.5, 0.6) is 0 Å². The summed E-state index contributed by atoms with van der Waals surface area (Å²) in [5.74, 6) is 0.00648. The van der Waals surface area contributed by atoms with Gasteiger partial charge in [0.1, 0.15) is 15.5 Å². The van der Waals surface area contributed by atoms with Gasteiger partial charge in [0.05, 0.1) is 11.4 Å². The molecule has 1 rings (SSSR count). The van der Waals surface area contributed by atoms with Crippen LogP contribution in [-0.2, 0) is 5.88 Å². The van der Waals surface area contributed by atoms with E-state index >= 15 is 0 Å². The summed E-state index contributed by atoms with van der Waals surface area (Å²) in [4.78, 5) is 3.74. The van der Waals surface area contributed by atoms with Gasteiger partial charge in [0, 0.05) is 5.56 Å². The van der Waals surface area contributed by atoms with Crippen LogP contribution in [0.2, 0.25) is 0 Å². The Morgan fingerprint density at radius 1 is 1.64 bits per heavy atom. The number of hydrogen-bond donors (Lipinski definition) is 0. The topological polar surface area (TPSA) is 36.7 Å². The molecule has 0 aliphatic carbocycles. The Kier molecular flexibility index (Phi) is 4.01. The lowest BCUT2D eigenvalue weighted by atomic mass is 10.1. The Labute approximate surface area is 98.0 Å². The summed E-state index contributed by atoms with van der Waals surface area (Å²) in [5, 5.41) is 8.64. The predicted molar refractivity (Wildman–Crippen MR) is 56.2 cm³/mol. The van der Waals surface area contributed by atoms with E-state index in [1.807, 2.05) is 6.07 Å². The van der Waals surface area contributed by atoms with Crippen molar-refractivity contribution >= 4 is 34.2 Å². The maximum atomic E-state index is 12.4. The minimum atomic E-state index is -2.59. The Hall–Kier alpha value is -0.480. The van der Waals surface area contributed by atoms with Crippen LogP contribution in [-0.4, -0.2) is 4.98 Å². The maximum absolute atomic E-state index is 12.4. The molecule has 0 unspecified atom stereocenters. The normalized spacial score (nSPS) is 10.3. The first-order valence-corrected chi connectivity index (χ1v) is 5.15. The quantitative estimate of drug-likeness (QED) is 0.475. The molecule has 6 heteroatoms. The molecule has 0 aromatic carbocycles. The second-order valence-corrected chi connectivity index (χ2v) is 3.71. The smallest absolute Gasteiger partial charge is 0.230 e. The number of hydrogen-bond acceptors (Lipinski definition) is 2. The van der Waals surface area contributed by atoms with Crippen LogP contribution in [0.1, 0.15) is 23.2 Å². The first kappa shape index (κ1) is 11.6. The zero-order valence-electron chi connectivity index (χ0n) is 6.77. The van der Waals surface area contributed by atoms with Crippen LogP contribution in [0.4, 0.5) is 8.78 Å². The Morgan fingerprint density at radius 2 is 2.29 bits per heavy atom. The van der Waals surface area contributed by atoms with Crippen molar-refractivity contribution in [3.8, 4) is 6.07 Å². The molecule has 0 fully saturated rings. The largest absolute Gasteiger partial charge is 0.266 e. The summed E-state index contributed by atoms with van der Waals surface area (Å²) in [7, 11) is 0. The standard InChI is InChI=1S/C8H4ClF2IN2/c9-2-4-1-5(7(10)11)8(12)14-6(4)3-13/h1,7H,2H2. The molecule has 0 saturated carbocycles. The molecular weight excluding hydrogens is 324 g/mol. The highest BCUT2D eigenvalue weighted by Crippen LogP contribution is 2.25. The van der Waals surface area contributed by atoms with Gasteiger partial charge in [0.2, 0.25) is 0 Å². The van der Waals surface area contributed by atoms with E-state index in [1.165, 1.54) is 6.07 Å². The van der Waals surface area contributed by atoms with E-state index in [4.69, 9.17) is 16.9 Å². The van der Waals surface area contributed by atoms with Crippen LogP contribution in [0, 0.1) is 15.0 Å². The molecule has 0 aliphatic heterocycles. The molecule has 0 aliphatic rings. The van der Waals surface area contributed by atoms with Crippen LogP contribution in [0.3, 0.4) is 0 Å². The van der Waals surface area contributed by atoms with Gasteiger partial charge in [0.15, 0.2) is 0 Å². The van der Waals surface area contributed by atoms with E-state index in [0.717, 1.165) is 0 Å². The second kappa shape index (κ2) is 4.84. The van der Waals surface area contributed by atoms with Gasteiger partial charge >= 0.3 is 0 Å². The van der Waals surface area contributed by atoms with Crippen LogP contribution in [0.15, 0.2) is 6.07 Å². The number of halogens is 4. The number of pyridine rings is 1. The molecule has 14 heavy (non-hydrogen) atoms. The lowest BCUT2D eigenvalue weighted by Crippen LogP contribution is -2.00. The Bertz CT molecular complexity index is 389. The van der Waals surface area contributed by atoms with Crippen molar-refractivity contribution < 1.29 is 8.78 Å². The van der Waals surface area contributed by atoms with Gasteiger partial charge in [0.25, 0.3) is 6.43 Å². The van der Waals surface area contributed by atoms with Gasteiger partial charge in [-0.25, -0.2) is 13.8 Å². The monoisotopic (exact) mass is 328 g/mol. The SMILES string of the molecule is N#Cc1nc(I)c(C(F)F)cc1CCl. The minimum absolute atomic E-state index is 0.00648. The fourth-order valence-electron chi connectivity index (χ4n) is 0.902. The lowest BCUT2D eigenvalue weighted by molar-refractivity contribution is 0.150. The molecule has 0 spiro atoms. The molecule has 0 saturated heterocycles. The highest BCUT2D eigenvalue weighted by molar-refractivity contribution is 14.1. The van der Waals surface area contributed by atoms with E-state index in [9.17, 15) is 8.78 Å². The fourth-order valence-corrected chi connectivity index (χ4v) is 1.74. The molecule has 0 radical (unpaired) electrons. The molecule has 0 bridgehead atoms. The van der Waals surface area contributed by atoms with E-state index < -0.39 is 6.43 Å². The van der Waals surface area contributed by atoms with Crippen LogP contribution < -0.4 is 0 Å². The highest BCUT2D eigenvalue weighted by atomic mass is 127. The van der Waals surface area contributed by atoms with Crippen molar-refractivity contribution in [3.63, 3.8) is 0 Å². The summed E-state index contributed by atoms with van der Waals surface area (Å²) in [6.45, 7) is 0. The van der Waals surface area contributed by atoms with Crippen molar-refractivity contribution in [2.24, 2.45) is 0 Å². The molecule has 1 heterocycles. The minimum Gasteiger partial charge on any atom is -0.230 e. The molecule has 0 atom stereocenters. The number of aromatic nitrogens is 1. The second-order valence-electron chi connectivity index (χ2n) is 2.42. The van der Waals surface area contributed by atoms with Gasteiger partial charge in [-0.05, 0) is 28.7 Å². The number of nitriles is 1. The molecule has 0 amide bonds. The van der Waals surface area contributed by atoms with E-state index in [0.29, 0.717) is 5.56 Å². The summed E-state index contributed by atoms with van der Waals surface area (Å²) in [6, 6.07) is 3.04. The summed E-state index contributed by atoms with van der Waals surface area (Å²) < 4.78 is 25.0. The zero-order chi connectivity index (χ0) is 10.7. The van der Waals surface area contributed by atoms with Crippen LogP contribution in [0.25, 0.3) is 0 Å².